The Bertz CT molecular complexity index is 1150. The van der Waals surface area contributed by atoms with Gasteiger partial charge < -0.3 is 9.47 Å². The Morgan fingerprint density at radius 1 is 0.931 bits per heavy atom. The normalized spacial score (nSPS) is 16.4. The summed E-state index contributed by atoms with van der Waals surface area (Å²) in [4.78, 5) is 19.7. The van der Waals surface area contributed by atoms with Gasteiger partial charge in [-0.1, -0.05) is 54.1 Å². The summed E-state index contributed by atoms with van der Waals surface area (Å²) in [6.07, 6.45) is 1.78. The van der Waals surface area contributed by atoms with Crippen molar-refractivity contribution >= 4 is 23.5 Å². The van der Waals surface area contributed by atoms with Crippen LogP contribution in [0.25, 0.3) is 6.08 Å². The number of carbonyl (C=O) groups excluding carboxylic acids is 1. The van der Waals surface area contributed by atoms with E-state index < -0.39 is 0 Å². The standard InChI is InChI=1S/C24H18N2O3/c1-16-7-10-19(11-8-16)26-23(18-5-3-2-4-6-18)25-20(24(26)27)13-17-9-12-21-22(14-17)29-15-28-21/h2-14H,15H2,1H3. The first-order chi connectivity index (χ1) is 14.2. The van der Waals surface area contributed by atoms with Gasteiger partial charge in [0.15, 0.2) is 11.5 Å². The van der Waals surface area contributed by atoms with Crippen LogP contribution in [0.4, 0.5) is 5.69 Å². The van der Waals surface area contributed by atoms with Crippen LogP contribution in [0.15, 0.2) is 83.5 Å². The fraction of sp³-hybridized carbons (Fsp3) is 0.0833. The van der Waals surface area contributed by atoms with Crippen molar-refractivity contribution in [3.05, 3.63) is 95.2 Å². The van der Waals surface area contributed by atoms with Crippen molar-refractivity contribution in [2.24, 2.45) is 4.99 Å². The Balaban J connectivity index is 1.59. The van der Waals surface area contributed by atoms with Crippen molar-refractivity contribution in [1.29, 1.82) is 0 Å². The third-order valence-electron chi connectivity index (χ3n) is 4.88. The van der Waals surface area contributed by atoms with Gasteiger partial charge in [-0.2, -0.15) is 0 Å². The Morgan fingerprint density at radius 3 is 2.48 bits per heavy atom. The van der Waals surface area contributed by atoms with Crippen LogP contribution >= 0.6 is 0 Å². The van der Waals surface area contributed by atoms with E-state index in [9.17, 15) is 4.79 Å². The van der Waals surface area contributed by atoms with Gasteiger partial charge in [0.25, 0.3) is 5.91 Å². The molecule has 0 unspecified atom stereocenters. The lowest BCUT2D eigenvalue weighted by Gasteiger charge is -2.18. The molecule has 0 bridgehead atoms. The lowest BCUT2D eigenvalue weighted by atomic mass is 10.1. The van der Waals surface area contributed by atoms with Gasteiger partial charge in [-0.15, -0.1) is 0 Å². The molecule has 0 aromatic heterocycles. The zero-order valence-electron chi connectivity index (χ0n) is 15.8. The first-order valence-corrected chi connectivity index (χ1v) is 9.36. The summed E-state index contributed by atoms with van der Waals surface area (Å²) in [5, 5.41) is 0. The highest BCUT2D eigenvalue weighted by Crippen LogP contribution is 2.34. The maximum Gasteiger partial charge on any atom is 0.282 e. The molecule has 2 aliphatic heterocycles. The smallest absolute Gasteiger partial charge is 0.282 e. The molecule has 0 atom stereocenters. The molecule has 0 fully saturated rings. The quantitative estimate of drug-likeness (QED) is 0.624. The average Bonchev–Trinajstić information content (AvgIpc) is 3.34. The number of amides is 1. The van der Waals surface area contributed by atoms with Gasteiger partial charge in [-0.05, 0) is 42.8 Å². The molecular weight excluding hydrogens is 364 g/mol. The second kappa shape index (κ2) is 6.95. The maximum absolute atomic E-state index is 13.3. The molecule has 0 N–H and O–H groups in total. The maximum atomic E-state index is 13.3. The number of rotatable bonds is 3. The molecule has 5 rings (SSSR count). The molecule has 5 heteroatoms. The Morgan fingerprint density at radius 2 is 1.69 bits per heavy atom. The van der Waals surface area contributed by atoms with Gasteiger partial charge in [0.2, 0.25) is 6.79 Å². The van der Waals surface area contributed by atoms with Crippen molar-refractivity contribution in [2.45, 2.75) is 6.92 Å². The third-order valence-corrected chi connectivity index (χ3v) is 4.88. The topological polar surface area (TPSA) is 51.1 Å². The summed E-state index contributed by atoms with van der Waals surface area (Å²) in [6, 6.07) is 23.2. The van der Waals surface area contributed by atoms with Crippen molar-refractivity contribution in [2.75, 3.05) is 11.7 Å². The molecule has 29 heavy (non-hydrogen) atoms. The highest BCUT2D eigenvalue weighted by molar-refractivity contribution is 6.33. The number of hydrogen-bond acceptors (Lipinski definition) is 4. The van der Waals surface area contributed by atoms with Crippen molar-refractivity contribution in [1.82, 2.24) is 0 Å². The molecule has 5 nitrogen and oxygen atoms in total. The second-order valence-corrected chi connectivity index (χ2v) is 6.92. The lowest BCUT2D eigenvalue weighted by Crippen LogP contribution is -2.32. The summed E-state index contributed by atoms with van der Waals surface area (Å²) in [7, 11) is 0. The molecule has 142 valence electrons. The number of hydrogen-bond donors (Lipinski definition) is 0. The summed E-state index contributed by atoms with van der Waals surface area (Å²) >= 11 is 0. The molecule has 0 radical (unpaired) electrons. The first kappa shape index (κ1) is 17.3. The van der Waals surface area contributed by atoms with E-state index >= 15 is 0 Å². The van der Waals surface area contributed by atoms with E-state index in [0.29, 0.717) is 23.0 Å². The zero-order valence-corrected chi connectivity index (χ0v) is 15.8. The number of aryl methyl sites for hydroxylation is 1. The van der Waals surface area contributed by atoms with Crippen LogP contribution in [-0.2, 0) is 4.79 Å². The van der Waals surface area contributed by atoms with Crippen LogP contribution < -0.4 is 14.4 Å². The first-order valence-electron chi connectivity index (χ1n) is 9.36. The van der Waals surface area contributed by atoms with Crippen LogP contribution in [0.3, 0.4) is 0 Å². The van der Waals surface area contributed by atoms with Crippen LogP contribution in [0.5, 0.6) is 11.5 Å². The fourth-order valence-electron chi connectivity index (χ4n) is 3.39. The summed E-state index contributed by atoms with van der Waals surface area (Å²) in [5.74, 6) is 1.84. The molecule has 3 aromatic carbocycles. The predicted octanol–water partition coefficient (Wildman–Crippen LogP) is 4.56. The molecule has 2 heterocycles. The number of fused-ring (bicyclic) bond motifs is 1. The van der Waals surface area contributed by atoms with Crippen LogP contribution in [0.2, 0.25) is 0 Å². The predicted molar refractivity (Wildman–Crippen MR) is 112 cm³/mol. The molecule has 0 spiro atoms. The van der Waals surface area contributed by atoms with Crippen LogP contribution in [0.1, 0.15) is 16.7 Å². The van der Waals surface area contributed by atoms with Crippen molar-refractivity contribution < 1.29 is 14.3 Å². The SMILES string of the molecule is Cc1ccc(N2C(=O)C(=Cc3ccc4c(c3)OCO4)N=C2c2ccccc2)cc1. The van der Waals surface area contributed by atoms with Gasteiger partial charge in [-0.3, -0.25) is 9.69 Å². The molecule has 0 aliphatic carbocycles. The van der Waals surface area contributed by atoms with Gasteiger partial charge >= 0.3 is 0 Å². The summed E-state index contributed by atoms with van der Waals surface area (Å²) in [6.45, 7) is 2.23. The minimum Gasteiger partial charge on any atom is -0.454 e. The van der Waals surface area contributed by atoms with E-state index in [0.717, 1.165) is 22.4 Å². The molecule has 2 aliphatic rings. The Hall–Kier alpha value is -3.86. The summed E-state index contributed by atoms with van der Waals surface area (Å²) in [5.41, 5.74) is 4.02. The number of carbonyl (C=O) groups is 1. The number of aliphatic imine (C=N–C) groups is 1. The fourth-order valence-corrected chi connectivity index (χ4v) is 3.39. The minimum atomic E-state index is -0.162. The Labute approximate surface area is 168 Å². The van der Waals surface area contributed by atoms with Crippen LogP contribution in [-0.4, -0.2) is 18.5 Å². The molecule has 1 amide bonds. The van der Waals surface area contributed by atoms with Gasteiger partial charge in [0.1, 0.15) is 11.5 Å². The number of amidine groups is 1. The molecule has 0 saturated heterocycles. The minimum absolute atomic E-state index is 0.162. The number of ether oxygens (including phenoxy) is 2. The number of anilines is 1. The van der Waals surface area contributed by atoms with E-state index in [1.807, 2.05) is 79.7 Å². The summed E-state index contributed by atoms with van der Waals surface area (Å²) < 4.78 is 10.8. The van der Waals surface area contributed by atoms with Gasteiger partial charge in [0, 0.05) is 5.56 Å². The van der Waals surface area contributed by atoms with Crippen LogP contribution in [0, 0.1) is 6.92 Å². The number of nitrogens with zero attached hydrogens (tertiary/aromatic N) is 2. The van der Waals surface area contributed by atoms with E-state index in [2.05, 4.69) is 0 Å². The highest BCUT2D eigenvalue weighted by atomic mass is 16.7. The largest absolute Gasteiger partial charge is 0.454 e. The van der Waals surface area contributed by atoms with Crippen molar-refractivity contribution in [3.63, 3.8) is 0 Å². The van der Waals surface area contributed by atoms with Crippen molar-refractivity contribution in [3.8, 4) is 11.5 Å². The Kier molecular flexibility index (Phi) is 4.13. The van der Waals surface area contributed by atoms with E-state index in [-0.39, 0.29) is 12.7 Å². The van der Waals surface area contributed by atoms with E-state index in [1.54, 1.807) is 11.0 Å². The average molecular weight is 382 g/mol. The molecular formula is C24H18N2O3. The molecule has 0 saturated carbocycles. The third kappa shape index (κ3) is 3.17. The molecule has 3 aromatic rings. The van der Waals surface area contributed by atoms with Gasteiger partial charge in [-0.25, -0.2) is 4.99 Å². The second-order valence-electron chi connectivity index (χ2n) is 6.92. The monoisotopic (exact) mass is 382 g/mol. The highest BCUT2D eigenvalue weighted by Gasteiger charge is 2.32. The van der Waals surface area contributed by atoms with E-state index in [4.69, 9.17) is 14.5 Å². The zero-order chi connectivity index (χ0) is 19.8. The number of benzene rings is 3. The lowest BCUT2D eigenvalue weighted by molar-refractivity contribution is -0.113. The van der Waals surface area contributed by atoms with Gasteiger partial charge in [0.05, 0.1) is 5.69 Å². The van der Waals surface area contributed by atoms with E-state index in [1.165, 1.54) is 0 Å².